The summed E-state index contributed by atoms with van der Waals surface area (Å²) in [6.45, 7) is 12.8. The monoisotopic (exact) mass is 1090 g/mol. The van der Waals surface area contributed by atoms with E-state index in [2.05, 4.69) is 6.92 Å². The van der Waals surface area contributed by atoms with Crippen molar-refractivity contribution in [1.82, 2.24) is 0 Å². The van der Waals surface area contributed by atoms with Gasteiger partial charge in [-0.05, 0) is 96.6 Å². The average Bonchev–Trinajstić information content (AvgIpc) is 3.58. The van der Waals surface area contributed by atoms with Gasteiger partial charge in [-0.25, -0.2) is 4.79 Å². The van der Waals surface area contributed by atoms with Gasteiger partial charge in [0, 0.05) is 66.1 Å². The summed E-state index contributed by atoms with van der Waals surface area (Å²) in [6, 6.07) is 9.35. The Balaban J connectivity index is 0.808. The van der Waals surface area contributed by atoms with Crippen molar-refractivity contribution in [1.29, 1.82) is 0 Å². The van der Waals surface area contributed by atoms with Crippen LogP contribution in [0.25, 0.3) is 6.08 Å². The molecular formula is C58H88O19. The molecule has 7 fully saturated rings. The van der Waals surface area contributed by atoms with Crippen molar-refractivity contribution in [2.24, 2.45) is 16.7 Å². The highest BCUT2D eigenvalue weighted by atomic mass is 16.8. The highest BCUT2D eigenvalue weighted by molar-refractivity contribution is 5.87. The van der Waals surface area contributed by atoms with E-state index < -0.39 is 144 Å². The Morgan fingerprint density at radius 3 is 1.68 bits per heavy atom. The average molecular weight is 1090 g/mol. The second kappa shape index (κ2) is 23.4. The molecule has 4 saturated heterocycles. The van der Waals surface area contributed by atoms with Crippen molar-refractivity contribution in [3.63, 3.8) is 0 Å². The predicted octanol–water partition coefficient (Wildman–Crippen LogP) is 5.03. The molecule has 9 rings (SSSR count). The summed E-state index contributed by atoms with van der Waals surface area (Å²) in [5, 5.41) is 59.9. The van der Waals surface area contributed by atoms with Gasteiger partial charge in [0.05, 0.1) is 66.5 Å². The van der Waals surface area contributed by atoms with E-state index in [0.29, 0.717) is 44.9 Å². The standard InChI is InChI=1S/C58H88O19/c1-31-50(61)39(65-8)26-47(69-31)75-52-33(3)71-49(28-41(52)67-10)77-53-34(4)72-48(29-42(53)68-11)76-51-32(2)70-46(27-40(51)66-9)73-38-20-21-54(6)37(25-38)19-22-57(63)43(54)30-44(74-45(60)18-17-36-15-13-12-14-16-36)55(7)56(62,35(5)59)23-24-58(55,57)64/h12-19,31-35,38-44,46-53,59,61-64H,20-30H2,1-11H3/b18-17+/t31-,32+,33+,34+,35-,38-,39+,40-,41+,42-,43+,44+,46-,47-,48-,49-,50-,51+,52+,53+,54-,55+,56+,57-,58+/m0/s1. The van der Waals surface area contributed by atoms with E-state index in [1.54, 1.807) is 48.4 Å². The summed E-state index contributed by atoms with van der Waals surface area (Å²) in [5.41, 5.74) is -5.79. The number of aliphatic hydroxyl groups is 5. The first-order valence-corrected chi connectivity index (χ1v) is 28.1. The summed E-state index contributed by atoms with van der Waals surface area (Å²) >= 11 is 0. The molecule has 0 bridgehead atoms. The third kappa shape index (κ3) is 10.8. The largest absolute Gasteiger partial charge is 0.458 e. The van der Waals surface area contributed by atoms with Crippen molar-refractivity contribution in [2.45, 2.75) is 253 Å². The van der Waals surface area contributed by atoms with Crippen molar-refractivity contribution >= 4 is 12.0 Å². The lowest BCUT2D eigenvalue weighted by Crippen LogP contribution is -2.78. The van der Waals surface area contributed by atoms with Crippen LogP contribution in [0.2, 0.25) is 0 Å². The highest BCUT2D eigenvalue weighted by Gasteiger charge is 2.81. The minimum atomic E-state index is -1.91. The summed E-state index contributed by atoms with van der Waals surface area (Å²) in [5.74, 6) is -1.19. The molecule has 8 aliphatic rings. The zero-order valence-corrected chi connectivity index (χ0v) is 46.9. The second-order valence-electron chi connectivity index (χ2n) is 23.8. The van der Waals surface area contributed by atoms with E-state index in [4.69, 9.17) is 61.6 Å². The molecule has 1 aromatic rings. The van der Waals surface area contributed by atoms with Gasteiger partial charge in [0.15, 0.2) is 25.2 Å². The van der Waals surface area contributed by atoms with E-state index in [0.717, 1.165) is 11.1 Å². The second-order valence-corrected chi connectivity index (χ2v) is 23.8. The number of fused-ring (bicyclic) bond motifs is 5. The molecule has 77 heavy (non-hydrogen) atoms. The Morgan fingerprint density at radius 1 is 0.675 bits per heavy atom. The quantitative estimate of drug-likeness (QED) is 0.0829. The van der Waals surface area contributed by atoms with E-state index in [1.165, 1.54) is 13.0 Å². The molecule has 0 aromatic heterocycles. The molecule has 0 spiro atoms. The lowest BCUT2D eigenvalue weighted by Gasteiger charge is -2.67. The molecule has 25 atom stereocenters. The Bertz CT molecular complexity index is 2220. The summed E-state index contributed by atoms with van der Waals surface area (Å²) in [7, 11) is 6.49. The summed E-state index contributed by atoms with van der Waals surface area (Å²) in [4.78, 5) is 13.6. The number of benzene rings is 1. The number of esters is 1. The van der Waals surface area contributed by atoms with Crippen LogP contribution in [0.3, 0.4) is 0 Å². The number of rotatable bonds is 16. The van der Waals surface area contributed by atoms with Crippen LogP contribution >= 0.6 is 0 Å². The number of hydrogen-bond donors (Lipinski definition) is 5. The van der Waals surface area contributed by atoms with Crippen LogP contribution in [-0.2, 0) is 66.4 Å². The lowest BCUT2D eigenvalue weighted by atomic mass is 9.42. The topological polar surface area (TPSA) is 238 Å². The smallest absolute Gasteiger partial charge is 0.331 e. The number of ether oxygens (including phenoxy) is 13. The van der Waals surface area contributed by atoms with Gasteiger partial charge in [-0.3, -0.25) is 0 Å². The Morgan fingerprint density at radius 2 is 1.17 bits per heavy atom. The van der Waals surface area contributed by atoms with Gasteiger partial charge in [-0.2, -0.15) is 0 Å². The van der Waals surface area contributed by atoms with Gasteiger partial charge in [0.2, 0.25) is 0 Å². The van der Waals surface area contributed by atoms with Crippen LogP contribution in [0.5, 0.6) is 0 Å². The van der Waals surface area contributed by atoms with Gasteiger partial charge < -0.3 is 87.1 Å². The number of methoxy groups -OCH3 is 4. The van der Waals surface area contributed by atoms with E-state index >= 15 is 0 Å². The minimum absolute atomic E-state index is 0.0116. The molecule has 434 valence electrons. The minimum Gasteiger partial charge on any atom is -0.458 e. The zero-order valence-electron chi connectivity index (χ0n) is 46.9. The van der Waals surface area contributed by atoms with E-state index in [9.17, 15) is 30.3 Å². The molecular weight excluding hydrogens is 1000 g/mol. The van der Waals surface area contributed by atoms with Gasteiger partial charge in [-0.15, -0.1) is 0 Å². The van der Waals surface area contributed by atoms with Gasteiger partial charge in [-0.1, -0.05) is 55.8 Å². The molecule has 4 heterocycles. The fourth-order valence-corrected chi connectivity index (χ4v) is 15.1. The first-order valence-electron chi connectivity index (χ1n) is 28.1. The summed E-state index contributed by atoms with van der Waals surface area (Å²) in [6.07, 6.45) is -1.99. The molecule has 19 nitrogen and oxygen atoms in total. The van der Waals surface area contributed by atoms with Crippen LogP contribution in [0, 0.1) is 16.7 Å². The van der Waals surface area contributed by atoms with Gasteiger partial charge in [0.25, 0.3) is 0 Å². The molecule has 5 N–H and O–H groups in total. The fourth-order valence-electron chi connectivity index (χ4n) is 15.1. The molecule has 0 amide bonds. The predicted molar refractivity (Wildman–Crippen MR) is 276 cm³/mol. The van der Waals surface area contributed by atoms with Crippen molar-refractivity contribution in [2.75, 3.05) is 28.4 Å². The molecule has 4 aliphatic heterocycles. The van der Waals surface area contributed by atoms with Crippen molar-refractivity contribution in [3.05, 3.63) is 53.6 Å². The maximum atomic E-state index is 13.6. The maximum Gasteiger partial charge on any atom is 0.331 e. The van der Waals surface area contributed by atoms with Gasteiger partial charge in [0.1, 0.15) is 47.3 Å². The van der Waals surface area contributed by atoms with Crippen LogP contribution in [-0.4, -0.2) is 193 Å². The Hall–Kier alpha value is -2.51. The van der Waals surface area contributed by atoms with Crippen molar-refractivity contribution < 1.29 is 91.9 Å². The highest BCUT2D eigenvalue weighted by Crippen LogP contribution is 2.71. The lowest BCUT2D eigenvalue weighted by molar-refractivity contribution is -0.347. The normalized spacial score (nSPS) is 48.6. The number of carbonyl (C=O) groups is 1. The SMILES string of the molecule is CO[C@H]1C[C@H](O[C@H]2CC[C@@]3(C)C(=CC[C@]4(O)[C@@H]3C[C@@H](OC(=O)/C=C/c3ccccc3)[C@@]3(C)[C@]4(O)CC[C@@]3(O)[C@H](C)O)C2)O[C@H](C)[C@H]1O[C@H]1C[C@H](OC)[C@H](O[C@H]2C[C@@H](OC)[C@H](O[C@H]3C[C@@H](OC)[C@@H](O)[C@H](C)O3)[C@@H](C)O2)[C@@H](C)O1. The maximum absolute atomic E-state index is 13.6. The van der Waals surface area contributed by atoms with Crippen molar-refractivity contribution in [3.8, 4) is 0 Å². The van der Waals surface area contributed by atoms with Crippen LogP contribution in [0.4, 0.5) is 0 Å². The van der Waals surface area contributed by atoms with Crippen LogP contribution in [0.15, 0.2) is 48.1 Å². The van der Waals surface area contributed by atoms with Gasteiger partial charge >= 0.3 is 5.97 Å². The van der Waals surface area contributed by atoms with Crippen LogP contribution in [0.1, 0.15) is 125 Å². The molecule has 0 unspecified atom stereocenters. The number of carbonyl (C=O) groups excluding carboxylic acids is 1. The zero-order chi connectivity index (χ0) is 55.4. The molecule has 4 aliphatic carbocycles. The Kier molecular flexibility index (Phi) is 18.0. The first kappa shape index (κ1) is 59.1. The first-order chi connectivity index (χ1) is 36.6. The van der Waals surface area contributed by atoms with E-state index in [-0.39, 0.29) is 37.9 Å². The third-order valence-corrected chi connectivity index (χ3v) is 19.8. The number of aliphatic hydroxyl groups excluding tert-OH is 2. The van der Waals surface area contributed by atoms with E-state index in [1.807, 2.05) is 57.2 Å². The third-order valence-electron chi connectivity index (χ3n) is 19.8. The molecule has 0 radical (unpaired) electrons. The molecule has 19 heteroatoms. The Labute approximate surface area is 454 Å². The molecule has 3 saturated carbocycles. The summed E-state index contributed by atoms with van der Waals surface area (Å²) < 4.78 is 81.7. The fraction of sp³-hybridized carbons (Fsp3) is 0.810. The number of hydrogen-bond acceptors (Lipinski definition) is 19. The van der Waals surface area contributed by atoms with Crippen LogP contribution < -0.4 is 0 Å². The molecule has 1 aromatic carbocycles.